The summed E-state index contributed by atoms with van der Waals surface area (Å²) in [6.45, 7) is 4.23. The number of nitrogens with zero attached hydrogens (tertiary/aromatic N) is 2. The fourth-order valence-electron chi connectivity index (χ4n) is 2.20. The summed E-state index contributed by atoms with van der Waals surface area (Å²) in [4.78, 5) is 15.9. The van der Waals surface area contributed by atoms with E-state index >= 15 is 0 Å². The first-order chi connectivity index (χ1) is 11.2. The van der Waals surface area contributed by atoms with E-state index < -0.39 is 23.3 Å². The van der Waals surface area contributed by atoms with Crippen LogP contribution in [0.2, 0.25) is 0 Å². The minimum atomic E-state index is -4.42. The summed E-state index contributed by atoms with van der Waals surface area (Å²) >= 11 is 0. The van der Waals surface area contributed by atoms with Crippen molar-refractivity contribution >= 4 is 6.03 Å². The predicted molar refractivity (Wildman–Crippen MR) is 83.2 cm³/mol. The second kappa shape index (κ2) is 6.94. The number of benzene rings is 1. The molecule has 130 valence electrons. The number of nitrogens with one attached hydrogen (secondary N) is 2. The van der Waals surface area contributed by atoms with Crippen LogP contribution in [0.15, 0.2) is 43.0 Å². The molecular weight excluding hydrogens is 321 g/mol. The lowest BCUT2D eigenvalue weighted by Crippen LogP contribution is -2.47. The third-order valence-corrected chi connectivity index (χ3v) is 3.55. The fourth-order valence-corrected chi connectivity index (χ4v) is 2.20. The van der Waals surface area contributed by atoms with Crippen molar-refractivity contribution in [3.05, 3.63) is 54.1 Å². The summed E-state index contributed by atoms with van der Waals surface area (Å²) in [5.41, 5.74) is -1.31. The number of hydrogen-bond donors (Lipinski definition) is 2. The number of rotatable bonds is 5. The maximum absolute atomic E-state index is 12.8. The minimum Gasteiger partial charge on any atom is -0.336 e. The van der Waals surface area contributed by atoms with E-state index in [1.54, 1.807) is 43.2 Å². The Labute approximate surface area is 137 Å². The van der Waals surface area contributed by atoms with Crippen molar-refractivity contribution in [2.45, 2.75) is 32.1 Å². The lowest BCUT2D eigenvalue weighted by atomic mass is 9.93. The molecule has 2 rings (SSSR count). The molecule has 0 saturated heterocycles. The van der Waals surface area contributed by atoms with Crippen molar-refractivity contribution < 1.29 is 18.0 Å². The molecule has 0 aliphatic carbocycles. The maximum atomic E-state index is 12.8. The van der Waals surface area contributed by atoms with Gasteiger partial charge < -0.3 is 15.2 Å². The van der Waals surface area contributed by atoms with Crippen molar-refractivity contribution in [3.63, 3.8) is 0 Å². The van der Waals surface area contributed by atoms with Gasteiger partial charge >= 0.3 is 12.2 Å². The fraction of sp³-hybridized carbons (Fsp3) is 0.375. The SMILES string of the molecule is CC(C)(NC(=O)NCCn1ccnc1)c1cccc(C(F)(F)F)c1. The summed E-state index contributed by atoms with van der Waals surface area (Å²) in [6, 6.07) is 4.49. The van der Waals surface area contributed by atoms with Crippen molar-refractivity contribution in [3.8, 4) is 0 Å². The molecule has 0 saturated carbocycles. The molecule has 1 aromatic carbocycles. The largest absolute Gasteiger partial charge is 0.416 e. The molecule has 5 nitrogen and oxygen atoms in total. The van der Waals surface area contributed by atoms with Crippen LogP contribution in [0.1, 0.15) is 25.0 Å². The van der Waals surface area contributed by atoms with Gasteiger partial charge in [0.25, 0.3) is 0 Å². The van der Waals surface area contributed by atoms with E-state index in [1.807, 2.05) is 0 Å². The Morgan fingerprint density at radius 3 is 2.58 bits per heavy atom. The molecule has 0 aliphatic heterocycles. The molecule has 0 aliphatic rings. The number of alkyl halides is 3. The van der Waals surface area contributed by atoms with Gasteiger partial charge in [0, 0.05) is 25.5 Å². The van der Waals surface area contributed by atoms with Crippen LogP contribution in [0.3, 0.4) is 0 Å². The molecule has 2 N–H and O–H groups in total. The van der Waals surface area contributed by atoms with Crippen LogP contribution in [0.25, 0.3) is 0 Å². The first kappa shape index (κ1) is 17.8. The maximum Gasteiger partial charge on any atom is 0.416 e. The number of carbonyl (C=O) groups excluding carboxylic acids is 1. The highest BCUT2D eigenvalue weighted by atomic mass is 19.4. The van der Waals surface area contributed by atoms with Crippen LogP contribution < -0.4 is 10.6 Å². The van der Waals surface area contributed by atoms with Gasteiger partial charge in [-0.25, -0.2) is 9.78 Å². The molecular formula is C16H19F3N4O. The van der Waals surface area contributed by atoms with E-state index in [-0.39, 0.29) is 0 Å². The lowest BCUT2D eigenvalue weighted by Gasteiger charge is -2.27. The highest BCUT2D eigenvalue weighted by molar-refractivity contribution is 5.74. The van der Waals surface area contributed by atoms with Gasteiger partial charge in [-0.15, -0.1) is 0 Å². The second-order valence-corrected chi connectivity index (χ2v) is 5.88. The van der Waals surface area contributed by atoms with Gasteiger partial charge in [0.2, 0.25) is 0 Å². The Kier molecular flexibility index (Phi) is 5.16. The van der Waals surface area contributed by atoms with E-state index in [4.69, 9.17) is 0 Å². The molecule has 1 heterocycles. The number of carbonyl (C=O) groups is 1. The zero-order chi connectivity index (χ0) is 17.8. The molecule has 2 aromatic rings. The number of aromatic nitrogens is 2. The monoisotopic (exact) mass is 340 g/mol. The van der Waals surface area contributed by atoms with Crippen molar-refractivity contribution in [1.82, 2.24) is 20.2 Å². The zero-order valence-corrected chi connectivity index (χ0v) is 13.4. The summed E-state index contributed by atoms with van der Waals surface area (Å²) in [5, 5.41) is 5.36. The van der Waals surface area contributed by atoms with Gasteiger partial charge in [-0.1, -0.05) is 12.1 Å². The van der Waals surface area contributed by atoms with Crippen LogP contribution in [-0.2, 0) is 18.3 Å². The average Bonchev–Trinajstić information content (AvgIpc) is 2.99. The van der Waals surface area contributed by atoms with Crippen molar-refractivity contribution in [2.75, 3.05) is 6.54 Å². The number of amides is 2. The number of hydrogen-bond acceptors (Lipinski definition) is 2. The Balaban J connectivity index is 1.95. The van der Waals surface area contributed by atoms with Gasteiger partial charge in [-0.3, -0.25) is 0 Å². The van der Waals surface area contributed by atoms with Gasteiger partial charge in [0.1, 0.15) is 0 Å². The standard InChI is InChI=1S/C16H19F3N4O/c1-15(2,12-4-3-5-13(10-12)16(17,18)19)22-14(24)21-7-9-23-8-6-20-11-23/h3-6,8,10-11H,7,9H2,1-2H3,(H2,21,22,24). The first-order valence-electron chi connectivity index (χ1n) is 7.38. The molecule has 0 bridgehead atoms. The molecule has 1 aromatic heterocycles. The summed E-state index contributed by atoms with van der Waals surface area (Å²) in [5.74, 6) is 0. The van der Waals surface area contributed by atoms with E-state index in [0.29, 0.717) is 18.7 Å². The van der Waals surface area contributed by atoms with E-state index in [2.05, 4.69) is 15.6 Å². The Morgan fingerprint density at radius 2 is 1.96 bits per heavy atom. The van der Waals surface area contributed by atoms with Crippen molar-refractivity contribution in [2.24, 2.45) is 0 Å². The zero-order valence-electron chi connectivity index (χ0n) is 13.4. The highest BCUT2D eigenvalue weighted by Gasteiger charge is 2.32. The molecule has 0 unspecified atom stereocenters. The number of imidazole rings is 1. The number of halogens is 3. The van der Waals surface area contributed by atoms with E-state index in [0.717, 1.165) is 12.1 Å². The molecule has 2 amide bonds. The van der Waals surface area contributed by atoms with Crippen LogP contribution >= 0.6 is 0 Å². The summed E-state index contributed by atoms with van der Waals surface area (Å²) < 4.78 is 40.2. The number of urea groups is 1. The molecule has 0 spiro atoms. The molecule has 0 radical (unpaired) electrons. The van der Waals surface area contributed by atoms with Gasteiger partial charge in [0.15, 0.2) is 0 Å². The lowest BCUT2D eigenvalue weighted by molar-refractivity contribution is -0.137. The second-order valence-electron chi connectivity index (χ2n) is 5.88. The molecule has 0 atom stereocenters. The van der Waals surface area contributed by atoms with Gasteiger partial charge in [-0.05, 0) is 31.5 Å². The Hall–Kier alpha value is -2.51. The summed E-state index contributed by atoms with van der Waals surface area (Å²) in [6.07, 6.45) is 0.619. The normalized spacial score (nSPS) is 12.0. The smallest absolute Gasteiger partial charge is 0.336 e. The van der Waals surface area contributed by atoms with E-state index in [1.165, 1.54) is 6.07 Å². The van der Waals surface area contributed by atoms with Crippen LogP contribution in [0.5, 0.6) is 0 Å². The Morgan fingerprint density at radius 1 is 1.25 bits per heavy atom. The van der Waals surface area contributed by atoms with Crippen LogP contribution in [0.4, 0.5) is 18.0 Å². The molecule has 8 heteroatoms. The predicted octanol–water partition coefficient (Wildman–Crippen LogP) is 3.14. The highest BCUT2D eigenvalue weighted by Crippen LogP contribution is 2.31. The minimum absolute atomic E-state index is 0.376. The third kappa shape index (κ3) is 4.74. The van der Waals surface area contributed by atoms with Crippen molar-refractivity contribution in [1.29, 1.82) is 0 Å². The average molecular weight is 340 g/mol. The quantitative estimate of drug-likeness (QED) is 0.878. The van der Waals surface area contributed by atoms with Gasteiger partial charge in [0.05, 0.1) is 17.4 Å². The third-order valence-electron chi connectivity index (χ3n) is 3.55. The molecule has 0 fully saturated rings. The molecule has 24 heavy (non-hydrogen) atoms. The topological polar surface area (TPSA) is 59.0 Å². The Bertz CT molecular complexity index is 681. The van der Waals surface area contributed by atoms with E-state index in [9.17, 15) is 18.0 Å². The van der Waals surface area contributed by atoms with Crippen LogP contribution in [0, 0.1) is 0 Å². The van der Waals surface area contributed by atoms with Crippen LogP contribution in [-0.4, -0.2) is 22.1 Å². The van der Waals surface area contributed by atoms with Gasteiger partial charge in [-0.2, -0.15) is 13.2 Å². The first-order valence-corrected chi connectivity index (χ1v) is 7.38. The summed E-state index contributed by atoms with van der Waals surface area (Å²) in [7, 11) is 0.